The molecular formula is C15H11FN4S. The molecule has 0 bridgehead atoms. The van der Waals surface area contributed by atoms with Crippen molar-refractivity contribution in [2.45, 2.75) is 6.54 Å². The third-order valence-corrected chi connectivity index (χ3v) is 4.28. The van der Waals surface area contributed by atoms with Gasteiger partial charge < -0.3 is 4.57 Å². The number of thiazole rings is 1. The fourth-order valence-corrected chi connectivity index (χ4v) is 3.15. The highest BCUT2D eigenvalue weighted by molar-refractivity contribution is 7.13. The summed E-state index contributed by atoms with van der Waals surface area (Å²) in [6, 6.07) is 6.38. The van der Waals surface area contributed by atoms with E-state index in [2.05, 4.69) is 19.5 Å². The molecule has 6 heteroatoms. The maximum Gasteiger partial charge on any atom is 0.160 e. The van der Waals surface area contributed by atoms with Crippen LogP contribution in [0.5, 0.6) is 0 Å². The molecule has 3 heterocycles. The van der Waals surface area contributed by atoms with Crippen LogP contribution in [-0.2, 0) is 6.54 Å². The Bertz CT molecular complexity index is 817. The van der Waals surface area contributed by atoms with Gasteiger partial charge in [-0.3, -0.25) is 4.99 Å². The number of fused-ring (bicyclic) bond motifs is 1. The second kappa shape index (κ2) is 4.89. The van der Waals surface area contributed by atoms with Gasteiger partial charge in [0.1, 0.15) is 16.5 Å². The van der Waals surface area contributed by atoms with Crippen molar-refractivity contribution in [2.24, 2.45) is 4.99 Å². The van der Waals surface area contributed by atoms with Gasteiger partial charge in [-0.1, -0.05) is 0 Å². The summed E-state index contributed by atoms with van der Waals surface area (Å²) < 4.78 is 15.1. The van der Waals surface area contributed by atoms with Crippen molar-refractivity contribution >= 4 is 17.6 Å². The Hall–Kier alpha value is -2.34. The van der Waals surface area contributed by atoms with E-state index in [1.54, 1.807) is 12.1 Å². The molecule has 1 aliphatic heterocycles. The summed E-state index contributed by atoms with van der Waals surface area (Å²) in [6.45, 7) is 1.59. The van der Waals surface area contributed by atoms with E-state index >= 15 is 0 Å². The van der Waals surface area contributed by atoms with Crippen molar-refractivity contribution in [1.29, 1.82) is 0 Å². The van der Waals surface area contributed by atoms with E-state index in [-0.39, 0.29) is 5.82 Å². The number of nitrogens with zero attached hydrogens (tertiary/aromatic N) is 4. The zero-order chi connectivity index (χ0) is 14.2. The lowest BCUT2D eigenvalue weighted by molar-refractivity contribution is 0.628. The molecule has 1 aliphatic rings. The topological polar surface area (TPSA) is 43.1 Å². The number of benzene rings is 1. The largest absolute Gasteiger partial charge is 0.320 e. The van der Waals surface area contributed by atoms with E-state index < -0.39 is 0 Å². The van der Waals surface area contributed by atoms with Gasteiger partial charge in [-0.2, -0.15) is 0 Å². The molecule has 104 valence electrons. The molecule has 0 saturated heterocycles. The van der Waals surface area contributed by atoms with Gasteiger partial charge in [0.05, 0.1) is 18.4 Å². The maximum absolute atomic E-state index is 13.0. The van der Waals surface area contributed by atoms with E-state index in [0.717, 1.165) is 40.9 Å². The molecule has 0 unspecified atom stereocenters. The summed E-state index contributed by atoms with van der Waals surface area (Å²) >= 11 is 1.54. The summed E-state index contributed by atoms with van der Waals surface area (Å²) in [5, 5.41) is 2.85. The first kappa shape index (κ1) is 12.4. The lowest BCUT2D eigenvalue weighted by atomic mass is 10.2. The molecule has 0 saturated carbocycles. The monoisotopic (exact) mass is 298 g/mol. The first-order valence-electron chi connectivity index (χ1n) is 6.58. The molecule has 0 N–H and O–H groups in total. The van der Waals surface area contributed by atoms with Crippen LogP contribution in [0.1, 0.15) is 5.69 Å². The van der Waals surface area contributed by atoms with Crippen LogP contribution in [-0.4, -0.2) is 27.3 Å². The van der Waals surface area contributed by atoms with Crippen LogP contribution in [0.15, 0.2) is 40.8 Å². The number of hydrogen-bond donors (Lipinski definition) is 0. The minimum atomic E-state index is -0.239. The van der Waals surface area contributed by atoms with Gasteiger partial charge in [0.15, 0.2) is 5.82 Å². The number of rotatable bonds is 2. The Morgan fingerprint density at radius 1 is 1.19 bits per heavy atom. The predicted octanol–water partition coefficient (Wildman–Crippen LogP) is 3.25. The summed E-state index contributed by atoms with van der Waals surface area (Å²) in [7, 11) is 0. The van der Waals surface area contributed by atoms with Crippen LogP contribution in [0, 0.1) is 5.82 Å². The lowest BCUT2D eigenvalue weighted by Crippen LogP contribution is -2.11. The van der Waals surface area contributed by atoms with Crippen LogP contribution in [0.2, 0.25) is 0 Å². The van der Waals surface area contributed by atoms with Gasteiger partial charge in [0.25, 0.3) is 0 Å². The van der Waals surface area contributed by atoms with Crippen LogP contribution < -0.4 is 0 Å². The molecule has 0 atom stereocenters. The van der Waals surface area contributed by atoms with Crippen LogP contribution in [0.4, 0.5) is 4.39 Å². The highest BCUT2D eigenvalue weighted by atomic mass is 32.1. The molecule has 3 aromatic rings. The lowest BCUT2D eigenvalue weighted by Gasteiger charge is -2.10. The zero-order valence-corrected chi connectivity index (χ0v) is 11.8. The Morgan fingerprint density at radius 2 is 2.05 bits per heavy atom. The van der Waals surface area contributed by atoms with Crippen molar-refractivity contribution in [3.05, 3.63) is 47.4 Å². The molecule has 0 spiro atoms. The van der Waals surface area contributed by atoms with E-state index in [1.165, 1.54) is 23.5 Å². The van der Waals surface area contributed by atoms with Gasteiger partial charge in [-0.15, -0.1) is 11.3 Å². The van der Waals surface area contributed by atoms with Crippen molar-refractivity contribution in [1.82, 2.24) is 14.5 Å². The molecule has 21 heavy (non-hydrogen) atoms. The fourth-order valence-electron chi connectivity index (χ4n) is 2.35. The number of hydrogen-bond acceptors (Lipinski definition) is 4. The second-order valence-electron chi connectivity index (χ2n) is 4.74. The average Bonchev–Trinajstić information content (AvgIpc) is 3.14. The Kier molecular flexibility index (Phi) is 2.89. The highest BCUT2D eigenvalue weighted by Crippen LogP contribution is 2.29. The van der Waals surface area contributed by atoms with E-state index in [0.29, 0.717) is 0 Å². The van der Waals surface area contributed by atoms with E-state index in [9.17, 15) is 4.39 Å². The van der Waals surface area contributed by atoms with Gasteiger partial charge in [0.2, 0.25) is 0 Å². The molecule has 0 fully saturated rings. The summed E-state index contributed by atoms with van der Waals surface area (Å²) in [4.78, 5) is 13.3. The third kappa shape index (κ3) is 2.17. The predicted molar refractivity (Wildman–Crippen MR) is 81.2 cm³/mol. The fraction of sp³-hybridized carbons (Fsp3) is 0.133. The van der Waals surface area contributed by atoms with Gasteiger partial charge in [-0.05, 0) is 24.3 Å². The molecule has 1 aromatic carbocycles. The smallest absolute Gasteiger partial charge is 0.160 e. The van der Waals surface area contributed by atoms with Crippen molar-refractivity contribution in [3.8, 4) is 22.1 Å². The van der Waals surface area contributed by atoms with Crippen LogP contribution in [0.25, 0.3) is 22.1 Å². The summed E-state index contributed by atoms with van der Waals surface area (Å²) in [5.74, 6) is 0.623. The minimum Gasteiger partial charge on any atom is -0.320 e. The molecular weight excluding hydrogens is 287 g/mol. The van der Waals surface area contributed by atoms with Crippen molar-refractivity contribution in [2.75, 3.05) is 6.54 Å². The van der Waals surface area contributed by atoms with Crippen LogP contribution in [0.3, 0.4) is 0 Å². The van der Waals surface area contributed by atoms with E-state index in [1.807, 2.05) is 17.8 Å². The molecule has 0 aliphatic carbocycles. The van der Waals surface area contributed by atoms with Gasteiger partial charge >= 0.3 is 0 Å². The molecule has 0 radical (unpaired) electrons. The molecule has 2 aromatic heterocycles. The molecule has 4 rings (SSSR count). The number of halogens is 1. The normalized spacial score (nSPS) is 13.4. The van der Waals surface area contributed by atoms with Crippen LogP contribution >= 0.6 is 11.3 Å². The summed E-state index contributed by atoms with van der Waals surface area (Å²) in [6.07, 6.45) is 3.65. The number of aliphatic imine (C=N–C) groups is 1. The first-order chi connectivity index (χ1) is 10.3. The van der Waals surface area contributed by atoms with Gasteiger partial charge in [0, 0.05) is 23.7 Å². The van der Waals surface area contributed by atoms with E-state index in [4.69, 9.17) is 0 Å². The Balaban J connectivity index is 1.73. The first-order valence-corrected chi connectivity index (χ1v) is 7.46. The number of aromatic nitrogens is 3. The highest BCUT2D eigenvalue weighted by Gasteiger charge is 2.16. The Labute approximate surface area is 124 Å². The average molecular weight is 298 g/mol. The zero-order valence-electron chi connectivity index (χ0n) is 11.0. The SMILES string of the molecule is Fc1ccc(-c2nc(-c3ncc4n3CCN=C4)cs2)cc1. The minimum absolute atomic E-state index is 0.239. The standard InChI is InChI=1S/C15H11FN4S/c16-11-3-1-10(2-4-11)15-19-13(9-21-15)14-18-8-12-7-17-5-6-20(12)14/h1-4,7-9H,5-6H2. The number of imidazole rings is 1. The summed E-state index contributed by atoms with van der Waals surface area (Å²) in [5.41, 5.74) is 2.77. The quantitative estimate of drug-likeness (QED) is 0.729. The Morgan fingerprint density at radius 3 is 2.90 bits per heavy atom. The third-order valence-electron chi connectivity index (χ3n) is 3.39. The maximum atomic E-state index is 13.0. The molecule has 4 nitrogen and oxygen atoms in total. The van der Waals surface area contributed by atoms with Gasteiger partial charge in [-0.25, -0.2) is 14.4 Å². The van der Waals surface area contributed by atoms with Crippen molar-refractivity contribution in [3.63, 3.8) is 0 Å². The van der Waals surface area contributed by atoms with Crippen molar-refractivity contribution < 1.29 is 4.39 Å². The molecule has 0 amide bonds. The second-order valence-corrected chi connectivity index (χ2v) is 5.60.